The molecular weight excluding hydrogens is 1990 g/mol. The van der Waals surface area contributed by atoms with Crippen LogP contribution in [-0.2, 0) is 39.8 Å². The van der Waals surface area contributed by atoms with Crippen LogP contribution >= 0.6 is 0 Å². The Morgan fingerprint density at radius 2 is 0.940 bits per heavy atom. The van der Waals surface area contributed by atoms with Crippen molar-refractivity contribution in [2.45, 2.75) is 185 Å². The number of ether oxygens (including phenoxy) is 1. The number of azide groups is 2. The van der Waals surface area contributed by atoms with Gasteiger partial charge in [-0.15, -0.1) is 5.10 Å². The van der Waals surface area contributed by atoms with Crippen molar-refractivity contribution in [1.29, 1.82) is 2.67 Å². The molecule has 3 aliphatic rings. The van der Waals surface area contributed by atoms with Crippen LogP contribution < -0.4 is 58.3 Å². The molecule has 13 aromatic rings. The Kier molecular flexibility index (Phi) is 40.7. The van der Waals surface area contributed by atoms with E-state index in [2.05, 4.69) is 67.4 Å². The summed E-state index contributed by atoms with van der Waals surface area (Å²) in [5, 5.41) is 47.1. The van der Waals surface area contributed by atoms with E-state index in [1.165, 1.54) is 81.9 Å². The number of nitrogens with zero attached hydrogens (tertiary/aromatic N) is 15. The maximum Gasteiger partial charge on any atom is 1.00 e. The SMILES string of the molecule is C.CC#CC(F)(F)F.COC(=O)[C@H](Cc1ccc(N=[N+]=[N-])cc1)NC(=O)c1ccc2c(c1)nc(-c1ccoc1)n2C1CCCCC1.C[C@@H]([NH3+])Cc1ccc(N=[N+]=[N-])cc1.O=C(N[C@@H](Cc1ccc(-n2nnc(C(F)(F)F)c2C(=O)O)cc1)C(=O)O)c1ccc2c(c1)nc(-c1ccoc1)n2C1CCCCC1.O=C(O)c1ccc2c(c1)nc(-c1ccoc1)n2C1CCCCC1.[3H][B][3H].[Cl-].[Na+].[OH-].[U]. The second kappa shape index (κ2) is 51.0. The normalized spacial score (nSPS) is 13.8. The molecule has 9 N–H and O–H groups in total. The number of furan rings is 3. The number of aliphatic carboxylic acids is 1. The van der Waals surface area contributed by atoms with E-state index in [9.17, 15) is 70.4 Å². The number of alkyl halides is 6. The van der Waals surface area contributed by atoms with Gasteiger partial charge >= 0.3 is 65.8 Å². The molecule has 7 heterocycles. The summed E-state index contributed by atoms with van der Waals surface area (Å²) in [5.41, 5.74) is 29.8. The molecule has 3 atom stereocenters. The number of carboxylic acid groups (broad SMARTS) is 3. The molecule has 2 amide bonds. The molecule has 691 valence electrons. The maximum atomic E-state index is 13.2. The van der Waals surface area contributed by atoms with E-state index in [4.69, 9.17) is 46.7 Å². The number of amides is 2. The molecule has 133 heavy (non-hydrogen) atoms. The molecule has 42 heteroatoms. The number of rotatable bonds is 23. The number of aromatic carboxylic acids is 2. The van der Waals surface area contributed by atoms with Crippen molar-refractivity contribution in [1.82, 2.24) is 54.3 Å². The minimum atomic E-state index is -5.03. The van der Waals surface area contributed by atoms with E-state index < -0.39 is 71.5 Å². The summed E-state index contributed by atoms with van der Waals surface area (Å²) in [6.07, 6.45) is 18.7. The molecule has 0 aliphatic heterocycles. The van der Waals surface area contributed by atoms with E-state index in [0.717, 1.165) is 132 Å². The molecule has 3 aliphatic carbocycles. The van der Waals surface area contributed by atoms with Gasteiger partial charge in [0.25, 0.3) is 11.8 Å². The Balaban J connectivity index is 0.000000281. The van der Waals surface area contributed by atoms with Crippen LogP contribution in [-0.4, -0.2) is 143 Å². The summed E-state index contributed by atoms with van der Waals surface area (Å²) in [5.74, 6) is -0.487. The number of nitrogens with one attached hydrogen (secondary N) is 2. The minimum Gasteiger partial charge on any atom is -1.00 e. The number of hydrogen-bond acceptors (Lipinski definition) is 18. The summed E-state index contributed by atoms with van der Waals surface area (Å²) >= 11 is 0. The first-order chi connectivity index (χ1) is 62.5. The van der Waals surface area contributed by atoms with Crippen molar-refractivity contribution >= 4 is 88.5 Å². The summed E-state index contributed by atoms with van der Waals surface area (Å²) in [6.45, 7) is 3.22. The number of methoxy groups -OCH3 is 1. The quantitative estimate of drug-likeness (QED) is 0.00659. The molecular formula is C91H96BClF6N18NaO14U. The first-order valence-corrected chi connectivity index (χ1v) is 40.9. The summed E-state index contributed by atoms with van der Waals surface area (Å²) in [7, 11) is 1.79. The first-order valence-electron chi connectivity index (χ1n) is 42.0. The summed E-state index contributed by atoms with van der Waals surface area (Å²) < 4.78 is 112. The van der Waals surface area contributed by atoms with Gasteiger partial charge in [-0.2, -0.15) is 26.3 Å². The maximum absolute atomic E-state index is 13.2. The Morgan fingerprint density at radius 3 is 1.26 bits per heavy atom. The number of quaternary nitrogens is 1. The topological polar surface area (TPSA) is 475 Å². The van der Waals surface area contributed by atoms with Gasteiger partial charge in [-0.25, -0.2) is 38.8 Å². The molecule has 7 aromatic heterocycles. The number of aromatic nitrogens is 9. The molecule has 3 fully saturated rings. The van der Waals surface area contributed by atoms with Crippen LogP contribution in [0.4, 0.5) is 37.7 Å². The van der Waals surface area contributed by atoms with Crippen LogP contribution in [0.2, 0.25) is 0 Å². The summed E-state index contributed by atoms with van der Waals surface area (Å²) in [6, 6.07) is 40.2. The molecule has 0 spiro atoms. The zero-order chi connectivity index (χ0) is 93.2. The third-order valence-electron chi connectivity index (χ3n) is 21.6. The average molecular weight is 2090 g/mol. The molecule has 32 nitrogen and oxygen atoms in total. The fourth-order valence-corrected chi connectivity index (χ4v) is 15.8. The Hall–Kier alpha value is -12.4. The van der Waals surface area contributed by atoms with Gasteiger partial charge in [0.05, 0.1) is 101 Å². The van der Waals surface area contributed by atoms with Gasteiger partial charge in [-0.05, 0) is 168 Å². The molecule has 0 unspecified atom stereocenters. The number of carbonyl (C=O) groups excluding carboxylic acids is 3. The fourth-order valence-electron chi connectivity index (χ4n) is 15.8. The first kappa shape index (κ1) is 106. The van der Waals surface area contributed by atoms with E-state index in [1.54, 1.807) is 104 Å². The predicted molar refractivity (Wildman–Crippen MR) is 472 cm³/mol. The third kappa shape index (κ3) is 28.6. The van der Waals surface area contributed by atoms with Crippen LogP contribution in [0.25, 0.3) is 93.8 Å². The second-order valence-corrected chi connectivity index (χ2v) is 30.6. The largest absolute Gasteiger partial charge is 1.00 e. The number of esters is 1. The number of carbonyl (C=O) groups is 6. The van der Waals surface area contributed by atoms with E-state index in [0.29, 0.717) is 64.7 Å². The van der Waals surface area contributed by atoms with Gasteiger partial charge in [-0.3, -0.25) is 9.59 Å². The number of halogens is 7. The Bertz CT molecular complexity index is 6230. The number of benzene rings is 6. The number of hydrogen-bond donors (Lipinski definition) is 6. The molecule has 1 radical (unpaired) electrons. The standard InChI is InChI=1S/C31H27F3N6O6.C28H28N6O4.C18H18N2O3.C9H12N4.C4H3F3.CH4.BH2.ClH.Na.H2O.U/c32-31(33,34)26-25(30(44)45)40(38-37-26)21-9-6-17(7-10-21)14-23(29(42)43)36-28(41)18-8-11-24-22(15-18)35-27(19-12-13-46-16-19)39(24)20-4-2-1-3-5-20;1-37-28(36)24(15-18-7-10-21(11-8-18)32-33-29)31-27(35)19-9-12-25-23(16-19)30-26(20-13-14-38-17-20)34(25)22-5-3-2-4-6-22;21-18(22)12-6-7-16-15(10-12)19-17(13-8-9-23-11-13)20(16)14-4-2-1-3-5-14;1-7(10)6-8-2-4-9(5-3-8)12-13-11;1-2-3-4(5,6)7;;;;;;/h6-13,15-16,20,23H,1-5,14H2,(H,36,41)(H,42,43)(H,44,45);7-14,16-17,22,24H,2-6,15H2,1H3,(H,31,35);6-11,14H,1-5H2,(H,21,22);2-5,7H,6,10H2,1H3;1H3;1H4;1H2;1H;;1H2;/q;;;;;;;;+1;;/p-1/t23-;24-;;7-;;;;;;;/m00.1......./s1/i;;;;;;1T2;;;;. The van der Waals surface area contributed by atoms with Crippen molar-refractivity contribution in [3.8, 4) is 51.7 Å². The minimum absolute atomic E-state index is 0. The van der Waals surface area contributed by atoms with Crippen LogP contribution in [0.5, 0.6) is 0 Å². The van der Waals surface area contributed by atoms with Gasteiger partial charge in [0.15, 0.2) is 5.69 Å². The van der Waals surface area contributed by atoms with Gasteiger partial charge in [0, 0.05) is 107 Å². The second-order valence-electron chi connectivity index (χ2n) is 30.6. The van der Waals surface area contributed by atoms with E-state index in [1.807, 2.05) is 60.7 Å². The number of carboxylic acids is 3. The van der Waals surface area contributed by atoms with Crippen molar-refractivity contribution in [2.24, 2.45) is 10.2 Å². The average Bonchev–Trinajstić information content (AvgIpc) is 1.49. The number of fused-ring (bicyclic) bond motifs is 3. The third-order valence-corrected chi connectivity index (χ3v) is 21.6. The summed E-state index contributed by atoms with van der Waals surface area (Å²) in [4.78, 5) is 93.7. The molecule has 6 aromatic carbocycles. The molecule has 3 saturated carbocycles. The smallest absolute Gasteiger partial charge is 1.00 e. The zero-order valence-electron chi connectivity index (χ0n) is 74.0. The molecule has 0 bridgehead atoms. The van der Waals surface area contributed by atoms with Crippen LogP contribution in [0.3, 0.4) is 0 Å². The fraction of sp³-hybridized carbons (Fsp3) is 0.330. The predicted octanol–water partition coefficient (Wildman–Crippen LogP) is 13.2. The zero-order valence-corrected chi connectivity index (χ0v) is 78.9. The van der Waals surface area contributed by atoms with Crippen molar-refractivity contribution in [2.75, 3.05) is 7.11 Å². The Labute approximate surface area is 815 Å². The Morgan fingerprint density at radius 1 is 0.579 bits per heavy atom. The van der Waals surface area contributed by atoms with Crippen LogP contribution in [0, 0.1) is 43.0 Å². The number of imidazole rings is 3. The van der Waals surface area contributed by atoms with Crippen LogP contribution in [0.15, 0.2) is 207 Å². The van der Waals surface area contributed by atoms with Gasteiger partial charge in [0.1, 0.15) is 48.3 Å². The molecule has 16 rings (SSSR count). The van der Waals surface area contributed by atoms with Crippen molar-refractivity contribution in [3.63, 3.8) is 0 Å². The van der Waals surface area contributed by atoms with Gasteiger partial charge in [0.2, 0.25) is 5.69 Å². The molecule has 0 saturated heterocycles. The van der Waals surface area contributed by atoms with Gasteiger partial charge < -0.3 is 81.3 Å². The van der Waals surface area contributed by atoms with Crippen molar-refractivity contribution < 1.29 is 173 Å². The van der Waals surface area contributed by atoms with Crippen LogP contribution in [0.1, 0.15) is 200 Å². The van der Waals surface area contributed by atoms with Gasteiger partial charge in [-0.1, -0.05) is 147 Å². The van der Waals surface area contributed by atoms with E-state index >= 15 is 0 Å². The monoisotopic (exact) mass is 2090 g/mol. The van der Waals surface area contributed by atoms with E-state index in [-0.39, 0.29) is 122 Å². The van der Waals surface area contributed by atoms with Crippen molar-refractivity contribution in [3.05, 3.63) is 249 Å².